The first-order chi connectivity index (χ1) is 6.41. The van der Waals surface area contributed by atoms with E-state index < -0.39 is 6.29 Å². The van der Waals surface area contributed by atoms with Crippen molar-refractivity contribution in [1.29, 1.82) is 0 Å². The number of phenols is 1. The molecule has 1 aliphatic rings. The second kappa shape index (κ2) is 2.96. The summed E-state index contributed by atoms with van der Waals surface area (Å²) >= 11 is 5.89. The second-order valence-electron chi connectivity index (χ2n) is 2.52. The number of aromatic hydroxyl groups is 1. The Morgan fingerprint density at radius 3 is 2.57 bits per heavy atom. The summed E-state index contributed by atoms with van der Waals surface area (Å²) in [6, 6.07) is 1.20. The molecule has 0 fully saturated rings. The monoisotopic (exact) mass is 330 g/mol. The van der Waals surface area contributed by atoms with E-state index in [0.717, 1.165) is 0 Å². The quantitative estimate of drug-likeness (QED) is 0.793. The lowest BCUT2D eigenvalue weighted by Crippen LogP contribution is -2.26. The van der Waals surface area contributed by atoms with Gasteiger partial charge >= 0.3 is 6.29 Å². The van der Waals surface area contributed by atoms with E-state index in [9.17, 15) is 13.9 Å². The van der Waals surface area contributed by atoms with Crippen molar-refractivity contribution in [3.8, 4) is 17.2 Å². The average Bonchev–Trinajstić information content (AvgIpc) is 2.37. The third-order valence-electron chi connectivity index (χ3n) is 1.56. The highest BCUT2D eigenvalue weighted by Crippen LogP contribution is 2.51. The normalized spacial score (nSPS) is 17.1. The number of ether oxygens (including phenoxy) is 2. The molecule has 0 saturated carbocycles. The maximum absolute atomic E-state index is 12.6. The standard InChI is InChI=1S/C7H2Br2F2O3/c8-2-1-3-6(4(9)5(2)12)14-7(10,11)13-3/h1,12H. The fraction of sp³-hybridized carbons (Fsp3) is 0.143. The van der Waals surface area contributed by atoms with Gasteiger partial charge in [0.15, 0.2) is 11.5 Å². The van der Waals surface area contributed by atoms with Crippen molar-refractivity contribution in [3.05, 3.63) is 15.0 Å². The van der Waals surface area contributed by atoms with Crippen LogP contribution in [0.2, 0.25) is 0 Å². The van der Waals surface area contributed by atoms with Crippen molar-refractivity contribution < 1.29 is 23.4 Å². The van der Waals surface area contributed by atoms with E-state index >= 15 is 0 Å². The van der Waals surface area contributed by atoms with E-state index in [1.54, 1.807) is 0 Å². The summed E-state index contributed by atoms with van der Waals surface area (Å²) in [4.78, 5) is 0. The molecule has 1 aliphatic heterocycles. The molecule has 0 bridgehead atoms. The van der Waals surface area contributed by atoms with E-state index in [2.05, 4.69) is 41.3 Å². The van der Waals surface area contributed by atoms with E-state index in [-0.39, 0.29) is 26.2 Å². The molecule has 1 aromatic rings. The van der Waals surface area contributed by atoms with Gasteiger partial charge in [-0.15, -0.1) is 8.78 Å². The van der Waals surface area contributed by atoms with E-state index in [1.165, 1.54) is 6.07 Å². The molecule has 0 radical (unpaired) electrons. The highest BCUT2D eigenvalue weighted by atomic mass is 79.9. The SMILES string of the molecule is Oc1c(Br)cc2c(c1Br)OC(F)(F)O2. The smallest absolute Gasteiger partial charge is 0.505 e. The Balaban J connectivity index is 2.59. The molecule has 14 heavy (non-hydrogen) atoms. The molecule has 1 N–H and O–H groups in total. The molecule has 76 valence electrons. The van der Waals surface area contributed by atoms with Crippen molar-refractivity contribution in [1.82, 2.24) is 0 Å². The number of fused-ring (bicyclic) bond motifs is 1. The van der Waals surface area contributed by atoms with Gasteiger partial charge in [0.05, 0.1) is 4.47 Å². The maximum atomic E-state index is 12.6. The Bertz CT molecular complexity index is 408. The largest absolute Gasteiger partial charge is 0.586 e. The lowest BCUT2D eigenvalue weighted by atomic mass is 10.3. The summed E-state index contributed by atoms with van der Waals surface area (Å²) in [6.45, 7) is 0. The van der Waals surface area contributed by atoms with Gasteiger partial charge in [-0.2, -0.15) is 0 Å². The van der Waals surface area contributed by atoms with Gasteiger partial charge in [0.1, 0.15) is 10.2 Å². The van der Waals surface area contributed by atoms with Gasteiger partial charge in [-0.05, 0) is 31.9 Å². The van der Waals surface area contributed by atoms with Gasteiger partial charge in [-0.3, -0.25) is 0 Å². The molecular weight excluding hydrogens is 330 g/mol. The van der Waals surface area contributed by atoms with Crippen molar-refractivity contribution in [2.24, 2.45) is 0 Å². The van der Waals surface area contributed by atoms with E-state index in [0.29, 0.717) is 0 Å². The van der Waals surface area contributed by atoms with Crippen LogP contribution in [0.15, 0.2) is 15.0 Å². The Morgan fingerprint density at radius 1 is 1.29 bits per heavy atom. The van der Waals surface area contributed by atoms with Gasteiger partial charge in [-0.25, -0.2) is 0 Å². The van der Waals surface area contributed by atoms with Crippen LogP contribution in [0.4, 0.5) is 8.78 Å². The van der Waals surface area contributed by atoms with Crippen LogP contribution in [0.3, 0.4) is 0 Å². The zero-order chi connectivity index (χ0) is 10.5. The molecule has 1 heterocycles. The number of alkyl halides is 2. The number of hydrogen-bond acceptors (Lipinski definition) is 3. The third-order valence-corrected chi connectivity index (χ3v) is 2.90. The summed E-state index contributed by atoms with van der Waals surface area (Å²) in [5, 5.41) is 9.37. The van der Waals surface area contributed by atoms with Crippen LogP contribution < -0.4 is 9.47 Å². The Hall–Kier alpha value is -0.560. The Labute approximate surface area is 93.9 Å². The lowest BCUT2D eigenvalue weighted by molar-refractivity contribution is -0.286. The minimum absolute atomic E-state index is 0.0269. The van der Waals surface area contributed by atoms with E-state index in [1.807, 2.05) is 0 Å². The highest BCUT2D eigenvalue weighted by molar-refractivity contribution is 9.11. The van der Waals surface area contributed by atoms with Crippen LogP contribution >= 0.6 is 31.9 Å². The summed E-state index contributed by atoms with van der Waals surface area (Å²) in [6.07, 6.45) is -3.68. The Morgan fingerprint density at radius 2 is 1.93 bits per heavy atom. The van der Waals surface area contributed by atoms with Crippen LogP contribution in [-0.2, 0) is 0 Å². The molecule has 2 rings (SSSR count). The van der Waals surface area contributed by atoms with Crippen LogP contribution in [0, 0.1) is 0 Å². The van der Waals surface area contributed by atoms with Crippen LogP contribution in [0.1, 0.15) is 0 Å². The molecule has 0 aromatic heterocycles. The zero-order valence-electron chi connectivity index (χ0n) is 6.35. The number of benzene rings is 1. The topological polar surface area (TPSA) is 38.7 Å². The molecule has 0 saturated heterocycles. The molecule has 0 aliphatic carbocycles. The predicted molar refractivity (Wildman–Crippen MR) is 49.7 cm³/mol. The lowest BCUT2D eigenvalue weighted by Gasteiger charge is -2.04. The van der Waals surface area contributed by atoms with Gasteiger partial charge in [0, 0.05) is 6.07 Å². The Kier molecular flexibility index (Phi) is 2.11. The first-order valence-corrected chi connectivity index (χ1v) is 4.96. The first-order valence-electron chi connectivity index (χ1n) is 3.37. The fourth-order valence-corrected chi connectivity index (χ4v) is 2.17. The zero-order valence-corrected chi connectivity index (χ0v) is 9.52. The second-order valence-corrected chi connectivity index (χ2v) is 4.16. The van der Waals surface area contributed by atoms with Gasteiger partial charge in [0.2, 0.25) is 0 Å². The summed E-state index contributed by atoms with van der Waals surface area (Å²) in [7, 11) is 0. The molecule has 0 amide bonds. The molecule has 7 heteroatoms. The highest BCUT2D eigenvalue weighted by Gasteiger charge is 2.45. The third kappa shape index (κ3) is 1.44. The molecular formula is C7H2Br2F2O3. The average molecular weight is 332 g/mol. The van der Waals surface area contributed by atoms with Crippen LogP contribution in [0.5, 0.6) is 17.2 Å². The van der Waals surface area contributed by atoms with Gasteiger partial charge in [0.25, 0.3) is 0 Å². The predicted octanol–water partition coefficient (Wildman–Crippen LogP) is 3.24. The minimum Gasteiger partial charge on any atom is -0.505 e. The summed E-state index contributed by atoms with van der Waals surface area (Å²) < 4.78 is 33.9. The minimum atomic E-state index is -3.68. The first kappa shape index (κ1) is 9.97. The van der Waals surface area contributed by atoms with Crippen molar-refractivity contribution in [3.63, 3.8) is 0 Å². The summed E-state index contributed by atoms with van der Waals surface area (Å²) in [5.41, 5.74) is 0. The maximum Gasteiger partial charge on any atom is 0.586 e. The van der Waals surface area contributed by atoms with Crippen LogP contribution in [-0.4, -0.2) is 11.4 Å². The molecule has 1 aromatic carbocycles. The van der Waals surface area contributed by atoms with Crippen molar-refractivity contribution in [2.45, 2.75) is 6.29 Å². The van der Waals surface area contributed by atoms with Crippen LogP contribution in [0.25, 0.3) is 0 Å². The van der Waals surface area contributed by atoms with Gasteiger partial charge in [-0.1, -0.05) is 0 Å². The van der Waals surface area contributed by atoms with E-state index in [4.69, 9.17) is 0 Å². The summed E-state index contributed by atoms with van der Waals surface area (Å²) in [5.74, 6) is -0.563. The molecule has 0 spiro atoms. The van der Waals surface area contributed by atoms with Crippen molar-refractivity contribution in [2.75, 3.05) is 0 Å². The number of rotatable bonds is 0. The molecule has 0 atom stereocenters. The van der Waals surface area contributed by atoms with Crippen molar-refractivity contribution >= 4 is 31.9 Å². The number of phenolic OH excluding ortho intramolecular Hbond substituents is 1. The number of hydrogen-bond donors (Lipinski definition) is 1. The fourth-order valence-electron chi connectivity index (χ4n) is 1.01. The number of halogens is 4. The molecule has 3 nitrogen and oxygen atoms in total. The van der Waals surface area contributed by atoms with Gasteiger partial charge < -0.3 is 14.6 Å². The molecule has 0 unspecified atom stereocenters.